The fraction of sp³-hybridized carbons (Fsp3) is 0.500. The van der Waals surface area contributed by atoms with Crippen molar-refractivity contribution in [1.82, 2.24) is 5.32 Å². The number of carboxylic acid groups (broad SMARTS) is 1. The molecule has 1 amide bonds. The molecule has 0 unspecified atom stereocenters. The number of hydrogen-bond acceptors (Lipinski definition) is 3. The van der Waals surface area contributed by atoms with Gasteiger partial charge in [-0.25, -0.2) is 8.78 Å². The van der Waals surface area contributed by atoms with Crippen LogP contribution in [-0.2, 0) is 9.59 Å². The van der Waals surface area contributed by atoms with Crippen LogP contribution < -0.4 is 10.1 Å². The third-order valence-electron chi connectivity index (χ3n) is 3.96. The molecule has 23 heavy (non-hydrogen) atoms. The van der Waals surface area contributed by atoms with Crippen molar-refractivity contribution < 1.29 is 28.2 Å². The molecule has 1 fully saturated rings. The summed E-state index contributed by atoms with van der Waals surface area (Å²) in [5.41, 5.74) is 0. The molecule has 0 radical (unpaired) electrons. The molecule has 1 saturated carbocycles. The first kappa shape index (κ1) is 17.2. The van der Waals surface area contributed by atoms with E-state index in [1.165, 1.54) is 6.07 Å². The summed E-state index contributed by atoms with van der Waals surface area (Å²) in [6.07, 6.45) is 2.36. The van der Waals surface area contributed by atoms with E-state index in [-0.39, 0.29) is 30.7 Å². The maximum atomic E-state index is 13.0. The van der Waals surface area contributed by atoms with Gasteiger partial charge in [-0.3, -0.25) is 9.59 Å². The van der Waals surface area contributed by atoms with Crippen molar-refractivity contribution in [1.29, 1.82) is 0 Å². The average Bonchev–Trinajstić information content (AvgIpc) is 2.54. The highest BCUT2D eigenvalue weighted by Crippen LogP contribution is 2.29. The Morgan fingerprint density at radius 3 is 2.65 bits per heavy atom. The summed E-state index contributed by atoms with van der Waals surface area (Å²) in [6.45, 7) is 0.331. The molecule has 0 spiro atoms. The monoisotopic (exact) mass is 327 g/mol. The molecule has 1 aromatic carbocycles. The molecule has 1 aliphatic rings. The molecule has 7 heteroatoms. The number of rotatable bonds is 6. The molecule has 0 bridgehead atoms. The van der Waals surface area contributed by atoms with Crippen molar-refractivity contribution in [2.24, 2.45) is 11.8 Å². The van der Waals surface area contributed by atoms with Crippen LogP contribution in [0, 0.1) is 23.5 Å². The number of carboxylic acids is 1. The molecular formula is C16H19F2NO4. The van der Waals surface area contributed by atoms with E-state index in [4.69, 9.17) is 9.84 Å². The number of benzene rings is 1. The maximum Gasteiger partial charge on any atom is 0.306 e. The number of carbonyl (C=O) groups excluding carboxylic acids is 1. The van der Waals surface area contributed by atoms with Crippen LogP contribution >= 0.6 is 0 Å². The minimum Gasteiger partial charge on any atom is -0.492 e. The molecule has 1 aromatic rings. The first-order chi connectivity index (χ1) is 11.0. The quantitative estimate of drug-likeness (QED) is 0.787. The maximum absolute atomic E-state index is 13.0. The van der Waals surface area contributed by atoms with Crippen molar-refractivity contribution in [3.8, 4) is 5.75 Å². The van der Waals surface area contributed by atoms with Crippen molar-refractivity contribution >= 4 is 11.9 Å². The van der Waals surface area contributed by atoms with E-state index >= 15 is 0 Å². The predicted octanol–water partition coefficient (Wildman–Crippen LogP) is 2.35. The molecular weight excluding hydrogens is 308 g/mol. The van der Waals surface area contributed by atoms with Crippen molar-refractivity contribution in [2.75, 3.05) is 13.2 Å². The number of hydrogen-bond donors (Lipinski definition) is 2. The Labute approximate surface area is 132 Å². The van der Waals surface area contributed by atoms with E-state index in [9.17, 15) is 18.4 Å². The number of halogens is 2. The summed E-state index contributed by atoms with van der Waals surface area (Å²) in [7, 11) is 0. The Balaban J connectivity index is 1.72. The van der Waals surface area contributed by atoms with E-state index in [0.29, 0.717) is 19.3 Å². The zero-order chi connectivity index (χ0) is 16.8. The standard InChI is InChI=1S/C16H19F2NO4/c17-13-5-4-12(9-14(13)18)23-7-6-19-15(20)10-2-1-3-11(8-10)16(21)22/h4-5,9-11H,1-3,6-8H2,(H,19,20)(H,21,22)/t10-,11-/m1/s1. The lowest BCUT2D eigenvalue weighted by Gasteiger charge is -2.25. The lowest BCUT2D eigenvalue weighted by molar-refractivity contribution is -0.144. The molecule has 126 valence electrons. The molecule has 0 aromatic heterocycles. The van der Waals surface area contributed by atoms with Crippen LogP contribution in [0.5, 0.6) is 5.75 Å². The Morgan fingerprint density at radius 2 is 1.96 bits per heavy atom. The fourth-order valence-electron chi connectivity index (χ4n) is 2.71. The number of amides is 1. The van der Waals surface area contributed by atoms with Gasteiger partial charge in [-0.05, 0) is 31.4 Å². The molecule has 5 nitrogen and oxygen atoms in total. The lowest BCUT2D eigenvalue weighted by Crippen LogP contribution is -2.37. The van der Waals surface area contributed by atoms with E-state index < -0.39 is 23.5 Å². The number of carbonyl (C=O) groups is 2. The minimum absolute atomic E-state index is 0.117. The van der Waals surface area contributed by atoms with Crippen LogP contribution in [0.2, 0.25) is 0 Å². The van der Waals surface area contributed by atoms with Gasteiger partial charge in [0, 0.05) is 12.0 Å². The van der Waals surface area contributed by atoms with Crippen LogP contribution in [0.4, 0.5) is 8.78 Å². The van der Waals surface area contributed by atoms with Crippen LogP contribution in [0.15, 0.2) is 18.2 Å². The second kappa shape index (κ2) is 7.89. The van der Waals surface area contributed by atoms with Gasteiger partial charge in [0.05, 0.1) is 12.5 Å². The summed E-state index contributed by atoms with van der Waals surface area (Å²) in [4.78, 5) is 23.0. The van der Waals surface area contributed by atoms with Gasteiger partial charge >= 0.3 is 5.97 Å². The molecule has 2 rings (SSSR count). The summed E-state index contributed by atoms with van der Waals surface area (Å²) in [6, 6.07) is 3.21. The summed E-state index contributed by atoms with van der Waals surface area (Å²) in [5.74, 6) is -3.56. The Kier molecular flexibility index (Phi) is 5.90. The third kappa shape index (κ3) is 4.91. The number of nitrogens with one attached hydrogen (secondary N) is 1. The van der Waals surface area contributed by atoms with Crippen LogP contribution in [0.1, 0.15) is 25.7 Å². The second-order valence-corrected chi connectivity index (χ2v) is 5.61. The van der Waals surface area contributed by atoms with E-state index in [0.717, 1.165) is 18.6 Å². The topological polar surface area (TPSA) is 75.6 Å². The first-order valence-electron chi connectivity index (χ1n) is 7.55. The smallest absolute Gasteiger partial charge is 0.306 e. The molecule has 2 N–H and O–H groups in total. The summed E-state index contributed by atoms with van der Waals surface area (Å²) >= 11 is 0. The SMILES string of the molecule is O=C(O)[C@@H]1CCC[C@@H](C(=O)NCCOc2ccc(F)c(F)c2)C1. The third-order valence-corrected chi connectivity index (χ3v) is 3.96. The molecule has 1 aliphatic carbocycles. The van der Waals surface area contributed by atoms with E-state index in [1.807, 2.05) is 0 Å². The zero-order valence-electron chi connectivity index (χ0n) is 12.6. The average molecular weight is 327 g/mol. The van der Waals surface area contributed by atoms with Gasteiger partial charge in [0.2, 0.25) is 5.91 Å². The van der Waals surface area contributed by atoms with Crippen LogP contribution in [0.25, 0.3) is 0 Å². The van der Waals surface area contributed by atoms with Crippen molar-refractivity contribution in [3.63, 3.8) is 0 Å². The fourth-order valence-corrected chi connectivity index (χ4v) is 2.71. The highest BCUT2D eigenvalue weighted by Gasteiger charge is 2.30. The van der Waals surface area contributed by atoms with E-state index in [2.05, 4.69) is 5.32 Å². The van der Waals surface area contributed by atoms with E-state index in [1.54, 1.807) is 0 Å². The van der Waals surface area contributed by atoms with Crippen molar-refractivity contribution in [2.45, 2.75) is 25.7 Å². The van der Waals surface area contributed by atoms with Gasteiger partial charge in [-0.2, -0.15) is 0 Å². The molecule has 2 atom stereocenters. The van der Waals surface area contributed by atoms with Crippen LogP contribution in [-0.4, -0.2) is 30.1 Å². The van der Waals surface area contributed by atoms with Gasteiger partial charge < -0.3 is 15.2 Å². The Morgan fingerprint density at radius 1 is 1.22 bits per heavy atom. The zero-order valence-corrected chi connectivity index (χ0v) is 12.6. The number of ether oxygens (including phenoxy) is 1. The number of aliphatic carboxylic acids is 1. The largest absolute Gasteiger partial charge is 0.492 e. The summed E-state index contributed by atoms with van der Waals surface area (Å²) in [5, 5.41) is 11.7. The molecule has 0 heterocycles. The van der Waals surface area contributed by atoms with Crippen molar-refractivity contribution in [3.05, 3.63) is 29.8 Å². The van der Waals surface area contributed by atoms with Gasteiger partial charge in [0.25, 0.3) is 0 Å². The Hall–Kier alpha value is -2.18. The first-order valence-corrected chi connectivity index (χ1v) is 7.55. The lowest BCUT2D eigenvalue weighted by atomic mass is 9.81. The predicted molar refractivity (Wildman–Crippen MR) is 77.9 cm³/mol. The summed E-state index contributed by atoms with van der Waals surface area (Å²) < 4.78 is 31.0. The van der Waals surface area contributed by atoms with Gasteiger partial charge in [0.1, 0.15) is 12.4 Å². The highest BCUT2D eigenvalue weighted by molar-refractivity contribution is 5.80. The van der Waals surface area contributed by atoms with Crippen LogP contribution in [0.3, 0.4) is 0 Å². The minimum atomic E-state index is -0.992. The normalized spacial score (nSPS) is 20.8. The highest BCUT2D eigenvalue weighted by atomic mass is 19.2. The van der Waals surface area contributed by atoms with Gasteiger partial charge in [-0.15, -0.1) is 0 Å². The van der Waals surface area contributed by atoms with Gasteiger partial charge in [0.15, 0.2) is 11.6 Å². The molecule has 0 saturated heterocycles. The molecule has 0 aliphatic heterocycles. The Bertz CT molecular complexity index is 579. The second-order valence-electron chi connectivity index (χ2n) is 5.61. The van der Waals surface area contributed by atoms with Gasteiger partial charge in [-0.1, -0.05) is 6.42 Å².